The van der Waals surface area contributed by atoms with Crippen LogP contribution in [0.25, 0.3) is 0 Å². The minimum atomic E-state index is -4.52. The van der Waals surface area contributed by atoms with Crippen molar-refractivity contribution in [2.45, 2.75) is 38.3 Å². The van der Waals surface area contributed by atoms with E-state index in [1.807, 2.05) is 4.90 Å². The van der Waals surface area contributed by atoms with E-state index in [9.17, 15) is 13.2 Å². The summed E-state index contributed by atoms with van der Waals surface area (Å²) in [5, 5.41) is 8.83. The Kier molecular flexibility index (Phi) is 3.98. The smallest absolute Gasteiger partial charge is 0.356 e. The van der Waals surface area contributed by atoms with Gasteiger partial charge in [-0.2, -0.15) is 18.4 Å². The van der Waals surface area contributed by atoms with Gasteiger partial charge < -0.3 is 4.90 Å². The number of pyridine rings is 1. The highest BCUT2D eigenvalue weighted by Gasteiger charge is 2.36. The van der Waals surface area contributed by atoms with Gasteiger partial charge in [0, 0.05) is 19.3 Å². The summed E-state index contributed by atoms with van der Waals surface area (Å²) >= 11 is 0. The molecule has 3 nitrogen and oxygen atoms in total. The highest BCUT2D eigenvalue weighted by Crippen LogP contribution is 2.38. The molecular formula is C16H18F3N3. The summed E-state index contributed by atoms with van der Waals surface area (Å²) in [6.07, 6.45) is 2.43. The lowest BCUT2D eigenvalue weighted by molar-refractivity contribution is -0.137. The van der Waals surface area contributed by atoms with Gasteiger partial charge in [0.05, 0.1) is 11.1 Å². The van der Waals surface area contributed by atoms with E-state index < -0.39 is 17.3 Å². The topological polar surface area (TPSA) is 39.9 Å². The van der Waals surface area contributed by atoms with Crippen LogP contribution in [0, 0.1) is 23.2 Å². The largest absolute Gasteiger partial charge is 0.417 e. The lowest BCUT2D eigenvalue weighted by Crippen LogP contribution is -2.42. The Morgan fingerprint density at radius 3 is 2.59 bits per heavy atom. The molecule has 2 heterocycles. The van der Waals surface area contributed by atoms with E-state index in [0.29, 0.717) is 17.7 Å². The first-order chi connectivity index (χ1) is 10.5. The first-order valence-corrected chi connectivity index (χ1v) is 7.71. The average Bonchev–Trinajstić information content (AvgIpc) is 2.53. The minimum Gasteiger partial charge on any atom is -0.356 e. The van der Waals surface area contributed by atoms with Gasteiger partial charge in [-0.15, -0.1) is 0 Å². The van der Waals surface area contributed by atoms with Crippen LogP contribution in [0.2, 0.25) is 0 Å². The van der Waals surface area contributed by atoms with E-state index in [0.717, 1.165) is 38.2 Å². The van der Waals surface area contributed by atoms with E-state index in [-0.39, 0.29) is 0 Å². The van der Waals surface area contributed by atoms with Crippen molar-refractivity contribution in [1.29, 1.82) is 5.26 Å². The normalized spacial score (nSPS) is 25.5. The van der Waals surface area contributed by atoms with Crippen LogP contribution in [0.4, 0.5) is 19.0 Å². The average molecular weight is 309 g/mol. The SMILES string of the molecule is N#Cc1cnc(N2CCC3CCCCC3C2)cc1C(F)(F)F. The molecule has 22 heavy (non-hydrogen) atoms. The van der Waals surface area contributed by atoms with Crippen LogP contribution in [0.5, 0.6) is 0 Å². The van der Waals surface area contributed by atoms with Crippen LogP contribution in [-0.4, -0.2) is 18.1 Å². The first-order valence-electron chi connectivity index (χ1n) is 7.71. The number of halogens is 3. The van der Waals surface area contributed by atoms with Crippen LogP contribution >= 0.6 is 0 Å². The van der Waals surface area contributed by atoms with Crippen molar-refractivity contribution >= 4 is 5.82 Å². The van der Waals surface area contributed by atoms with Crippen LogP contribution < -0.4 is 4.90 Å². The highest BCUT2D eigenvalue weighted by molar-refractivity contribution is 5.49. The first kappa shape index (κ1) is 15.1. The number of aromatic nitrogens is 1. The summed E-state index contributed by atoms with van der Waals surface area (Å²) < 4.78 is 39.2. The van der Waals surface area contributed by atoms with Crippen molar-refractivity contribution in [1.82, 2.24) is 4.98 Å². The molecule has 1 saturated carbocycles. The molecule has 1 aromatic rings. The molecule has 0 bridgehead atoms. The molecule has 1 aliphatic heterocycles. The second-order valence-electron chi connectivity index (χ2n) is 6.24. The van der Waals surface area contributed by atoms with Crippen molar-refractivity contribution in [2.24, 2.45) is 11.8 Å². The highest BCUT2D eigenvalue weighted by atomic mass is 19.4. The van der Waals surface area contributed by atoms with Gasteiger partial charge in [0.2, 0.25) is 0 Å². The van der Waals surface area contributed by atoms with Crippen LogP contribution in [0.1, 0.15) is 43.2 Å². The van der Waals surface area contributed by atoms with E-state index in [1.54, 1.807) is 6.07 Å². The Morgan fingerprint density at radius 2 is 1.91 bits per heavy atom. The third-order valence-corrected chi connectivity index (χ3v) is 4.93. The number of nitrogens with zero attached hydrogens (tertiary/aromatic N) is 3. The molecule has 6 heteroatoms. The number of rotatable bonds is 1. The molecule has 1 saturated heterocycles. The van der Waals surface area contributed by atoms with Crippen LogP contribution in [0.15, 0.2) is 12.3 Å². The minimum absolute atomic E-state index is 0.343. The van der Waals surface area contributed by atoms with Gasteiger partial charge in [0.15, 0.2) is 0 Å². The third kappa shape index (κ3) is 2.90. The third-order valence-electron chi connectivity index (χ3n) is 4.93. The summed E-state index contributed by atoms with van der Waals surface area (Å²) in [6.45, 7) is 1.53. The molecule has 2 unspecified atom stereocenters. The van der Waals surface area contributed by atoms with Crippen molar-refractivity contribution in [3.63, 3.8) is 0 Å². The van der Waals surface area contributed by atoms with E-state index in [2.05, 4.69) is 4.98 Å². The maximum absolute atomic E-state index is 13.1. The van der Waals surface area contributed by atoms with Crippen LogP contribution in [-0.2, 0) is 6.18 Å². The maximum Gasteiger partial charge on any atom is 0.417 e. The molecule has 2 fully saturated rings. The second-order valence-corrected chi connectivity index (χ2v) is 6.24. The Morgan fingerprint density at radius 1 is 1.18 bits per heavy atom. The van der Waals surface area contributed by atoms with Gasteiger partial charge in [-0.1, -0.05) is 19.3 Å². The predicted molar refractivity (Wildman–Crippen MR) is 76.2 cm³/mol. The summed E-state index contributed by atoms with van der Waals surface area (Å²) in [6, 6.07) is 2.61. The number of alkyl halides is 3. The Balaban J connectivity index is 1.85. The Bertz CT molecular complexity index is 591. The van der Waals surface area contributed by atoms with E-state index >= 15 is 0 Å². The van der Waals surface area contributed by atoms with E-state index in [1.165, 1.54) is 19.3 Å². The molecule has 1 aliphatic carbocycles. The fourth-order valence-electron chi connectivity index (χ4n) is 3.75. The van der Waals surface area contributed by atoms with Gasteiger partial charge in [-0.25, -0.2) is 4.98 Å². The standard InChI is InChI=1S/C16H18F3N3/c17-16(18,19)14-7-15(21-9-13(14)8-20)22-6-5-11-3-1-2-4-12(11)10-22/h7,9,11-12H,1-6,10H2. The molecule has 3 rings (SSSR count). The molecule has 0 radical (unpaired) electrons. The number of hydrogen-bond acceptors (Lipinski definition) is 3. The fourth-order valence-corrected chi connectivity index (χ4v) is 3.75. The van der Waals surface area contributed by atoms with Gasteiger partial charge in [-0.05, 0) is 30.7 Å². The number of piperidine rings is 1. The predicted octanol–water partition coefficient (Wildman–Crippen LogP) is 3.99. The van der Waals surface area contributed by atoms with Crippen molar-refractivity contribution in [3.05, 3.63) is 23.4 Å². The lowest BCUT2D eigenvalue weighted by Gasteiger charge is -2.41. The molecule has 0 aromatic carbocycles. The Hall–Kier alpha value is -1.77. The molecular weight excluding hydrogens is 291 g/mol. The van der Waals surface area contributed by atoms with Gasteiger partial charge in [0.1, 0.15) is 11.9 Å². The zero-order chi connectivity index (χ0) is 15.7. The van der Waals surface area contributed by atoms with Gasteiger partial charge in [-0.3, -0.25) is 0 Å². The lowest BCUT2D eigenvalue weighted by atomic mass is 9.75. The summed E-state index contributed by atoms with van der Waals surface area (Å²) in [5.41, 5.74) is -1.30. The van der Waals surface area contributed by atoms with Crippen molar-refractivity contribution < 1.29 is 13.2 Å². The molecule has 0 spiro atoms. The summed E-state index contributed by atoms with van der Waals surface area (Å²) in [5.74, 6) is 1.62. The maximum atomic E-state index is 13.1. The number of anilines is 1. The number of nitriles is 1. The molecule has 2 aliphatic rings. The van der Waals surface area contributed by atoms with Gasteiger partial charge >= 0.3 is 6.18 Å². The molecule has 1 aromatic heterocycles. The monoisotopic (exact) mass is 309 g/mol. The zero-order valence-corrected chi connectivity index (χ0v) is 12.2. The molecule has 118 valence electrons. The summed E-state index contributed by atoms with van der Waals surface area (Å²) in [7, 11) is 0. The number of fused-ring (bicyclic) bond motifs is 1. The molecule has 0 N–H and O–H groups in total. The Labute approximate surface area is 127 Å². The van der Waals surface area contributed by atoms with Crippen molar-refractivity contribution in [3.8, 4) is 6.07 Å². The van der Waals surface area contributed by atoms with E-state index in [4.69, 9.17) is 5.26 Å². The van der Waals surface area contributed by atoms with Gasteiger partial charge in [0.25, 0.3) is 0 Å². The second kappa shape index (κ2) is 5.79. The fraction of sp³-hybridized carbons (Fsp3) is 0.625. The van der Waals surface area contributed by atoms with Crippen LogP contribution in [0.3, 0.4) is 0 Å². The zero-order valence-electron chi connectivity index (χ0n) is 12.2. The van der Waals surface area contributed by atoms with Crippen molar-refractivity contribution in [2.75, 3.05) is 18.0 Å². The molecule has 2 atom stereocenters. The summed E-state index contributed by atoms with van der Waals surface area (Å²) in [4.78, 5) is 6.04. The number of hydrogen-bond donors (Lipinski definition) is 0. The quantitative estimate of drug-likeness (QED) is 0.787. The molecule has 0 amide bonds.